The zero-order valence-corrected chi connectivity index (χ0v) is 20.7. The van der Waals surface area contributed by atoms with Crippen molar-refractivity contribution in [2.75, 3.05) is 23.1 Å². The number of carbonyl (C=O) groups is 2. The molecule has 1 spiro atoms. The van der Waals surface area contributed by atoms with Crippen molar-refractivity contribution in [2.45, 2.75) is 25.1 Å². The number of para-hydroxylation sites is 1. The summed E-state index contributed by atoms with van der Waals surface area (Å²) in [6, 6.07) is 16.8. The second-order valence-electron chi connectivity index (χ2n) is 6.98. The summed E-state index contributed by atoms with van der Waals surface area (Å²) < 4.78 is 9.53. The van der Waals surface area contributed by atoms with E-state index in [1.165, 1.54) is 23.5 Å². The van der Waals surface area contributed by atoms with Gasteiger partial charge in [-0.25, -0.2) is 14.6 Å². The number of hydrogen-bond donors (Lipinski definition) is 0. The third kappa shape index (κ3) is 4.32. The van der Waals surface area contributed by atoms with Gasteiger partial charge >= 0.3 is 11.9 Å². The van der Waals surface area contributed by atoms with E-state index in [2.05, 4.69) is 5.10 Å². The van der Waals surface area contributed by atoms with Crippen LogP contribution in [0.5, 0.6) is 0 Å². The highest BCUT2D eigenvalue weighted by atomic mass is 35.5. The number of hydrazone groups is 1. The molecule has 172 valence electrons. The zero-order valence-electron chi connectivity index (χ0n) is 18.3. The fraction of sp³-hybridized carbons (Fsp3) is 0.261. The van der Waals surface area contributed by atoms with Crippen LogP contribution in [0.3, 0.4) is 0 Å². The largest absolute Gasteiger partial charge is 0.462 e. The van der Waals surface area contributed by atoms with Gasteiger partial charge in [0.1, 0.15) is 4.91 Å². The summed E-state index contributed by atoms with van der Waals surface area (Å²) >= 11 is 8.79. The van der Waals surface area contributed by atoms with E-state index < -0.39 is 16.3 Å². The van der Waals surface area contributed by atoms with E-state index in [4.69, 9.17) is 21.1 Å². The normalized spacial score (nSPS) is 19.8. The minimum absolute atomic E-state index is 0.183. The molecule has 0 saturated heterocycles. The van der Waals surface area contributed by atoms with Gasteiger partial charge in [-0.1, -0.05) is 47.6 Å². The lowest BCUT2D eigenvalue weighted by Crippen LogP contribution is -2.49. The number of esters is 2. The van der Waals surface area contributed by atoms with Crippen LogP contribution in [0.1, 0.15) is 20.8 Å². The van der Waals surface area contributed by atoms with E-state index in [0.717, 1.165) is 5.69 Å². The fourth-order valence-electron chi connectivity index (χ4n) is 3.54. The van der Waals surface area contributed by atoms with Crippen LogP contribution >= 0.6 is 35.1 Å². The molecule has 2 aliphatic heterocycles. The third-order valence-electron chi connectivity index (χ3n) is 4.85. The fourth-order valence-corrected chi connectivity index (χ4v) is 6.67. The Morgan fingerprint density at radius 1 is 0.970 bits per heavy atom. The summed E-state index contributed by atoms with van der Waals surface area (Å²) in [5.41, 5.74) is 2.20. The quantitative estimate of drug-likeness (QED) is 0.483. The molecular weight excluding hydrogens is 482 g/mol. The summed E-state index contributed by atoms with van der Waals surface area (Å²) in [5, 5.41) is 7.06. The maximum atomic E-state index is 12.9. The van der Waals surface area contributed by atoms with Crippen molar-refractivity contribution in [1.82, 2.24) is 0 Å². The van der Waals surface area contributed by atoms with Crippen LogP contribution < -0.4 is 9.91 Å². The standard InChI is InChI=1S/C23H22ClN3O4S2/c1-4-30-21(28)19-15(3)26(17-11-7-6-8-12-17)23(32-19)27(18-13-9-10-16(24)14-18)25-20(33-23)22(29)31-5-2/h6-14H,4-5H2,1-3H3/t23-/m1/s1. The lowest BCUT2D eigenvalue weighted by Gasteiger charge is -2.41. The molecule has 0 radical (unpaired) electrons. The van der Waals surface area contributed by atoms with E-state index >= 15 is 0 Å². The van der Waals surface area contributed by atoms with E-state index in [0.29, 0.717) is 21.3 Å². The molecule has 33 heavy (non-hydrogen) atoms. The Hall–Kier alpha value is -2.62. The number of rotatable bonds is 6. The first-order valence-corrected chi connectivity index (χ1v) is 12.3. The number of hydrogen-bond acceptors (Lipinski definition) is 9. The second-order valence-corrected chi connectivity index (χ2v) is 10.0. The predicted molar refractivity (Wildman–Crippen MR) is 134 cm³/mol. The molecule has 2 aliphatic rings. The summed E-state index contributed by atoms with van der Waals surface area (Å²) in [6.45, 7) is 5.85. The van der Waals surface area contributed by atoms with Crippen molar-refractivity contribution in [3.05, 3.63) is 70.2 Å². The van der Waals surface area contributed by atoms with Gasteiger partial charge in [-0.15, -0.1) is 0 Å². The molecule has 0 amide bonds. The van der Waals surface area contributed by atoms with Crippen molar-refractivity contribution < 1.29 is 19.1 Å². The van der Waals surface area contributed by atoms with Crippen LogP contribution in [-0.2, 0) is 19.1 Å². The molecule has 2 heterocycles. The monoisotopic (exact) mass is 503 g/mol. The molecule has 2 aromatic carbocycles. The minimum Gasteiger partial charge on any atom is -0.462 e. The molecule has 1 atom stereocenters. The highest BCUT2D eigenvalue weighted by molar-refractivity contribution is 8.29. The number of nitrogens with zero attached hydrogens (tertiary/aromatic N) is 3. The average molecular weight is 504 g/mol. The lowest BCUT2D eigenvalue weighted by molar-refractivity contribution is -0.137. The van der Waals surface area contributed by atoms with Crippen LogP contribution in [0.4, 0.5) is 11.4 Å². The van der Waals surface area contributed by atoms with Crippen LogP contribution in [0, 0.1) is 0 Å². The molecule has 0 unspecified atom stereocenters. The number of allylic oxidation sites excluding steroid dienone is 1. The minimum atomic E-state index is -1.04. The maximum absolute atomic E-state index is 12.9. The molecule has 0 aliphatic carbocycles. The smallest absolute Gasteiger partial charge is 0.365 e. The van der Waals surface area contributed by atoms with Gasteiger partial charge in [0, 0.05) is 16.4 Å². The summed E-state index contributed by atoms with van der Waals surface area (Å²) in [7, 11) is 0. The lowest BCUT2D eigenvalue weighted by atomic mass is 10.2. The molecule has 0 bridgehead atoms. The van der Waals surface area contributed by atoms with E-state index in [1.54, 1.807) is 31.0 Å². The van der Waals surface area contributed by atoms with Crippen LogP contribution in [-0.4, -0.2) is 34.5 Å². The van der Waals surface area contributed by atoms with Crippen LogP contribution in [0.2, 0.25) is 5.02 Å². The maximum Gasteiger partial charge on any atom is 0.365 e. The third-order valence-corrected chi connectivity index (χ3v) is 7.93. The van der Waals surface area contributed by atoms with Crippen LogP contribution in [0.15, 0.2) is 70.3 Å². The van der Waals surface area contributed by atoms with Gasteiger partial charge in [-0.05, 0) is 62.9 Å². The Balaban J connectivity index is 1.89. The topological polar surface area (TPSA) is 71.4 Å². The SMILES string of the molecule is CCOC(=O)C1=NN(c2cccc(Cl)c2)[C@@]2(S1)SC(C(=O)OCC)=C(C)N2c1ccccc1. The highest BCUT2D eigenvalue weighted by Gasteiger charge is 2.58. The number of anilines is 2. The Kier molecular flexibility index (Phi) is 6.92. The number of ether oxygens (including phenoxy) is 2. The number of halogens is 1. The number of thioether (sulfide) groups is 2. The van der Waals surface area contributed by atoms with Gasteiger partial charge in [-0.2, -0.15) is 5.10 Å². The number of carbonyl (C=O) groups excluding carboxylic acids is 2. The van der Waals surface area contributed by atoms with Crippen molar-refractivity contribution in [3.8, 4) is 0 Å². The average Bonchev–Trinajstić information content (AvgIpc) is 3.32. The van der Waals surface area contributed by atoms with Gasteiger partial charge in [-0.3, -0.25) is 0 Å². The molecule has 2 aromatic rings. The highest BCUT2D eigenvalue weighted by Crippen LogP contribution is 2.60. The van der Waals surface area contributed by atoms with E-state index in [9.17, 15) is 9.59 Å². The molecule has 0 N–H and O–H groups in total. The Morgan fingerprint density at radius 2 is 1.64 bits per heavy atom. The van der Waals surface area contributed by atoms with E-state index in [1.807, 2.05) is 54.3 Å². The first-order valence-electron chi connectivity index (χ1n) is 10.3. The zero-order chi connectivity index (χ0) is 23.6. The van der Waals surface area contributed by atoms with Gasteiger partial charge in [0.05, 0.1) is 18.9 Å². The van der Waals surface area contributed by atoms with Crippen molar-refractivity contribution in [2.24, 2.45) is 5.10 Å². The summed E-state index contributed by atoms with van der Waals surface area (Å²) in [4.78, 5) is 28.0. The van der Waals surface area contributed by atoms with Crippen molar-refractivity contribution in [3.63, 3.8) is 0 Å². The van der Waals surface area contributed by atoms with Crippen molar-refractivity contribution in [1.29, 1.82) is 0 Å². The first kappa shape index (κ1) is 23.5. The molecule has 0 saturated carbocycles. The van der Waals surface area contributed by atoms with E-state index in [-0.39, 0.29) is 18.3 Å². The van der Waals surface area contributed by atoms with Gasteiger partial charge in [0.2, 0.25) is 9.37 Å². The molecule has 7 nitrogen and oxygen atoms in total. The number of benzene rings is 2. The van der Waals surface area contributed by atoms with Gasteiger partial charge in [0.15, 0.2) is 0 Å². The molecule has 0 fully saturated rings. The van der Waals surface area contributed by atoms with Crippen molar-refractivity contribution >= 4 is 63.5 Å². The summed E-state index contributed by atoms with van der Waals surface area (Å²) in [5.74, 6) is -0.948. The second kappa shape index (κ2) is 9.70. The Labute approximate surface area is 205 Å². The molecule has 4 rings (SSSR count). The van der Waals surface area contributed by atoms with Gasteiger partial charge < -0.3 is 14.4 Å². The Bertz CT molecular complexity index is 1140. The van der Waals surface area contributed by atoms with Crippen LogP contribution in [0.25, 0.3) is 0 Å². The Morgan fingerprint density at radius 3 is 2.30 bits per heavy atom. The molecular formula is C23H22ClN3O4S2. The summed E-state index contributed by atoms with van der Waals surface area (Å²) in [6.07, 6.45) is 0. The molecule has 10 heteroatoms. The first-order chi connectivity index (χ1) is 15.9. The molecule has 0 aromatic heterocycles. The predicted octanol–water partition coefficient (Wildman–Crippen LogP) is 5.43. The van der Waals surface area contributed by atoms with Gasteiger partial charge in [0.25, 0.3) is 0 Å².